The summed E-state index contributed by atoms with van der Waals surface area (Å²) in [5.41, 5.74) is 8.10. The molecule has 2 aliphatic rings. The van der Waals surface area contributed by atoms with Crippen LogP contribution in [0, 0.1) is 0 Å². The van der Waals surface area contributed by atoms with E-state index in [0.29, 0.717) is 5.95 Å². The molecule has 0 saturated carbocycles. The van der Waals surface area contributed by atoms with Crippen LogP contribution < -0.4 is 16.0 Å². The highest BCUT2D eigenvalue weighted by molar-refractivity contribution is 5.54. The van der Waals surface area contributed by atoms with E-state index in [4.69, 9.17) is 5.73 Å². The zero-order chi connectivity index (χ0) is 10.3. The van der Waals surface area contributed by atoms with E-state index in [1.807, 2.05) is 0 Å². The van der Waals surface area contributed by atoms with E-state index in [2.05, 4.69) is 20.2 Å². The van der Waals surface area contributed by atoms with Crippen molar-refractivity contribution >= 4 is 11.8 Å². The molecule has 1 saturated heterocycles. The highest BCUT2D eigenvalue weighted by atomic mass is 15.3. The standard InChI is InChI=1S/C10H15N5/c11-10-13-8-2-3-12-6-7(8)9(14-10)15-4-1-5-15/h12H,1-6H2,(H2,11,13,14). The number of anilines is 2. The van der Waals surface area contributed by atoms with E-state index in [1.54, 1.807) is 0 Å². The Morgan fingerprint density at radius 2 is 2.13 bits per heavy atom. The molecule has 2 aliphatic heterocycles. The van der Waals surface area contributed by atoms with Crippen molar-refractivity contribution in [3.05, 3.63) is 11.3 Å². The Morgan fingerprint density at radius 1 is 1.27 bits per heavy atom. The van der Waals surface area contributed by atoms with Gasteiger partial charge in [0.15, 0.2) is 0 Å². The third-order valence-electron chi connectivity index (χ3n) is 3.08. The van der Waals surface area contributed by atoms with Gasteiger partial charge < -0.3 is 16.0 Å². The van der Waals surface area contributed by atoms with Crippen LogP contribution in [0.2, 0.25) is 0 Å². The summed E-state index contributed by atoms with van der Waals surface area (Å²) in [7, 11) is 0. The van der Waals surface area contributed by atoms with E-state index in [0.717, 1.165) is 44.1 Å². The molecule has 1 aromatic rings. The van der Waals surface area contributed by atoms with Gasteiger partial charge in [-0.1, -0.05) is 0 Å². The maximum absolute atomic E-state index is 5.73. The molecule has 1 aromatic heterocycles. The maximum Gasteiger partial charge on any atom is 0.222 e. The second kappa shape index (κ2) is 3.34. The minimum absolute atomic E-state index is 0.414. The van der Waals surface area contributed by atoms with E-state index in [-0.39, 0.29) is 0 Å². The van der Waals surface area contributed by atoms with Crippen molar-refractivity contribution in [3.8, 4) is 0 Å². The Kier molecular flexibility index (Phi) is 1.98. The van der Waals surface area contributed by atoms with Crippen molar-refractivity contribution in [2.24, 2.45) is 0 Å². The van der Waals surface area contributed by atoms with Crippen LogP contribution in [0.15, 0.2) is 0 Å². The number of nitrogens with zero attached hydrogens (tertiary/aromatic N) is 3. The summed E-state index contributed by atoms with van der Waals surface area (Å²) in [6.07, 6.45) is 2.22. The molecule has 80 valence electrons. The number of nitrogens with one attached hydrogen (secondary N) is 1. The SMILES string of the molecule is Nc1nc2c(c(N3CCC3)n1)CNCC2. The fourth-order valence-electron chi connectivity index (χ4n) is 2.13. The normalized spacial score (nSPS) is 19.6. The predicted molar refractivity (Wildman–Crippen MR) is 58.7 cm³/mol. The summed E-state index contributed by atoms with van der Waals surface area (Å²) in [5.74, 6) is 1.47. The van der Waals surface area contributed by atoms with E-state index < -0.39 is 0 Å². The number of nitrogens with two attached hydrogens (primary N) is 1. The third kappa shape index (κ3) is 1.43. The first-order chi connectivity index (χ1) is 7.34. The minimum Gasteiger partial charge on any atom is -0.368 e. The summed E-state index contributed by atoms with van der Waals surface area (Å²) < 4.78 is 0. The summed E-state index contributed by atoms with van der Waals surface area (Å²) in [4.78, 5) is 11.0. The second-order valence-electron chi connectivity index (χ2n) is 4.10. The molecule has 0 spiro atoms. The number of hydrogen-bond acceptors (Lipinski definition) is 5. The molecule has 0 aromatic carbocycles. The smallest absolute Gasteiger partial charge is 0.222 e. The van der Waals surface area contributed by atoms with Crippen molar-refractivity contribution in [1.29, 1.82) is 0 Å². The highest BCUT2D eigenvalue weighted by Crippen LogP contribution is 2.27. The van der Waals surface area contributed by atoms with Gasteiger partial charge >= 0.3 is 0 Å². The molecule has 0 aliphatic carbocycles. The van der Waals surface area contributed by atoms with Gasteiger partial charge in [0.05, 0.1) is 5.69 Å². The van der Waals surface area contributed by atoms with Crippen molar-refractivity contribution < 1.29 is 0 Å². The lowest BCUT2D eigenvalue weighted by atomic mass is 10.1. The molecule has 3 heterocycles. The van der Waals surface area contributed by atoms with Gasteiger partial charge in [-0.15, -0.1) is 0 Å². The molecule has 0 unspecified atom stereocenters. The lowest BCUT2D eigenvalue weighted by Crippen LogP contribution is -2.40. The van der Waals surface area contributed by atoms with Gasteiger partial charge in [0, 0.05) is 38.2 Å². The summed E-state index contributed by atoms with van der Waals surface area (Å²) in [6.45, 7) is 4.07. The number of fused-ring (bicyclic) bond motifs is 1. The fourth-order valence-corrected chi connectivity index (χ4v) is 2.13. The summed E-state index contributed by atoms with van der Waals surface area (Å²) in [6, 6.07) is 0. The van der Waals surface area contributed by atoms with Gasteiger partial charge in [-0.05, 0) is 6.42 Å². The highest BCUT2D eigenvalue weighted by Gasteiger charge is 2.23. The lowest BCUT2D eigenvalue weighted by molar-refractivity contribution is 0.583. The molecule has 15 heavy (non-hydrogen) atoms. The van der Waals surface area contributed by atoms with E-state index >= 15 is 0 Å². The van der Waals surface area contributed by atoms with Crippen molar-refractivity contribution in [3.63, 3.8) is 0 Å². The van der Waals surface area contributed by atoms with Crippen LogP contribution in [0.25, 0.3) is 0 Å². The number of nitrogen functional groups attached to an aromatic ring is 1. The molecule has 1 fully saturated rings. The zero-order valence-electron chi connectivity index (χ0n) is 8.66. The zero-order valence-corrected chi connectivity index (χ0v) is 8.66. The largest absolute Gasteiger partial charge is 0.368 e. The Balaban J connectivity index is 2.06. The molecule has 5 nitrogen and oxygen atoms in total. The van der Waals surface area contributed by atoms with Crippen LogP contribution in [-0.2, 0) is 13.0 Å². The first-order valence-corrected chi connectivity index (χ1v) is 5.45. The topological polar surface area (TPSA) is 67.1 Å². The van der Waals surface area contributed by atoms with Gasteiger partial charge in [-0.25, -0.2) is 4.98 Å². The lowest BCUT2D eigenvalue weighted by Gasteiger charge is -2.34. The average Bonchev–Trinajstić information content (AvgIpc) is 2.14. The van der Waals surface area contributed by atoms with Crippen LogP contribution in [0.3, 0.4) is 0 Å². The molecule has 3 N–H and O–H groups in total. The van der Waals surface area contributed by atoms with E-state index in [1.165, 1.54) is 12.0 Å². The Labute approximate surface area is 88.7 Å². The quantitative estimate of drug-likeness (QED) is 0.671. The molecular formula is C10H15N5. The molecule has 5 heteroatoms. The molecular weight excluding hydrogens is 190 g/mol. The predicted octanol–water partition coefficient (Wildman–Crippen LogP) is -0.0854. The molecule has 0 atom stereocenters. The van der Waals surface area contributed by atoms with Crippen molar-refractivity contribution in [2.45, 2.75) is 19.4 Å². The van der Waals surface area contributed by atoms with Crippen molar-refractivity contribution in [2.75, 3.05) is 30.3 Å². The van der Waals surface area contributed by atoms with Gasteiger partial charge in [0.1, 0.15) is 5.82 Å². The number of rotatable bonds is 1. The van der Waals surface area contributed by atoms with Gasteiger partial charge in [-0.3, -0.25) is 0 Å². The Hall–Kier alpha value is -1.36. The first-order valence-electron chi connectivity index (χ1n) is 5.45. The van der Waals surface area contributed by atoms with Crippen molar-refractivity contribution in [1.82, 2.24) is 15.3 Å². The van der Waals surface area contributed by atoms with Gasteiger partial charge in [0.2, 0.25) is 5.95 Å². The van der Waals surface area contributed by atoms with E-state index in [9.17, 15) is 0 Å². The first kappa shape index (κ1) is 8.91. The van der Waals surface area contributed by atoms with Crippen LogP contribution in [0.4, 0.5) is 11.8 Å². The van der Waals surface area contributed by atoms with Gasteiger partial charge in [-0.2, -0.15) is 4.98 Å². The summed E-state index contributed by atoms with van der Waals surface area (Å²) in [5, 5.41) is 3.36. The number of aromatic nitrogens is 2. The monoisotopic (exact) mass is 205 g/mol. The van der Waals surface area contributed by atoms with Crippen LogP contribution in [0.5, 0.6) is 0 Å². The fraction of sp³-hybridized carbons (Fsp3) is 0.600. The second-order valence-corrected chi connectivity index (χ2v) is 4.10. The molecule has 0 bridgehead atoms. The van der Waals surface area contributed by atoms with Crippen LogP contribution >= 0.6 is 0 Å². The van der Waals surface area contributed by atoms with Crippen LogP contribution in [-0.4, -0.2) is 29.6 Å². The third-order valence-corrected chi connectivity index (χ3v) is 3.08. The van der Waals surface area contributed by atoms with Gasteiger partial charge in [0.25, 0.3) is 0 Å². The Morgan fingerprint density at radius 3 is 2.87 bits per heavy atom. The van der Waals surface area contributed by atoms with Crippen LogP contribution in [0.1, 0.15) is 17.7 Å². The Bertz CT molecular complexity index is 386. The number of hydrogen-bond donors (Lipinski definition) is 2. The maximum atomic E-state index is 5.73. The molecule has 3 rings (SSSR count). The molecule has 0 amide bonds. The summed E-state index contributed by atoms with van der Waals surface area (Å²) >= 11 is 0. The average molecular weight is 205 g/mol. The molecule has 0 radical (unpaired) electrons. The minimum atomic E-state index is 0.414.